The van der Waals surface area contributed by atoms with Gasteiger partial charge in [-0.05, 0) is 71.5 Å². The van der Waals surface area contributed by atoms with Crippen LogP contribution < -0.4 is 14.8 Å². The summed E-state index contributed by atoms with van der Waals surface area (Å²) in [4.78, 5) is 28.1. The number of pyridine rings is 1. The lowest BCUT2D eigenvalue weighted by Crippen LogP contribution is -2.16. The third-order valence-corrected chi connectivity index (χ3v) is 7.10. The summed E-state index contributed by atoms with van der Waals surface area (Å²) >= 11 is 0. The van der Waals surface area contributed by atoms with Gasteiger partial charge in [0.25, 0.3) is 0 Å². The fourth-order valence-corrected chi connectivity index (χ4v) is 5.07. The number of anilines is 1. The Morgan fingerprint density at radius 1 is 0.923 bits per heavy atom. The molecule has 0 spiro atoms. The number of carbonyl (C=O) groups excluding carboxylic acids is 1. The molecule has 1 fully saturated rings. The third-order valence-electron chi connectivity index (χ3n) is 7.10. The number of benzene rings is 3. The summed E-state index contributed by atoms with van der Waals surface area (Å²) in [6.45, 7) is 0.752. The van der Waals surface area contributed by atoms with Gasteiger partial charge in [0, 0.05) is 12.3 Å². The summed E-state index contributed by atoms with van der Waals surface area (Å²) in [7, 11) is 0. The average molecular weight is 525 g/mol. The van der Waals surface area contributed by atoms with Crippen LogP contribution in [0.4, 0.5) is 5.69 Å². The fraction of sp³-hybridized carbons (Fsp3) is 0.281. The highest BCUT2D eigenvalue weighted by molar-refractivity contribution is 6.01. The van der Waals surface area contributed by atoms with E-state index in [1.807, 2.05) is 30.3 Å². The monoisotopic (exact) mass is 524 g/mol. The minimum atomic E-state index is -1.10. The van der Waals surface area contributed by atoms with Crippen LogP contribution in [0.15, 0.2) is 79.0 Å². The first-order chi connectivity index (χ1) is 19.0. The number of nitrogens with zero attached hydrogens (tertiary/aromatic N) is 1. The van der Waals surface area contributed by atoms with Gasteiger partial charge in [0.2, 0.25) is 11.8 Å². The first-order valence-corrected chi connectivity index (χ1v) is 13.4. The third kappa shape index (κ3) is 7.13. The van der Waals surface area contributed by atoms with Gasteiger partial charge in [0.05, 0.1) is 24.3 Å². The molecule has 1 aromatic heterocycles. The molecule has 1 aliphatic rings. The molecule has 3 aromatic carbocycles. The van der Waals surface area contributed by atoms with Crippen LogP contribution in [0, 0.1) is 5.92 Å². The lowest BCUT2D eigenvalue weighted by Gasteiger charge is -2.11. The maximum absolute atomic E-state index is 12.4. The standard InChI is InChI=1S/C32H32N2O5/c35-30(34-29-10-4-3-9-28(29)32(36)37)18-23-11-16-31(33-21-23)39-27-15-13-24-19-26(14-12-25(24)20-27)38-17-5-8-22-6-1-2-7-22/h3-4,9-16,19-22H,1-2,5-8,17-18H2,(H,34,35)(H,36,37). The molecule has 7 heteroatoms. The molecule has 7 nitrogen and oxygen atoms in total. The van der Waals surface area contributed by atoms with Crippen molar-refractivity contribution in [2.75, 3.05) is 11.9 Å². The Morgan fingerprint density at radius 3 is 2.41 bits per heavy atom. The molecule has 200 valence electrons. The van der Waals surface area contributed by atoms with E-state index >= 15 is 0 Å². The number of hydrogen-bond donors (Lipinski definition) is 2. The van der Waals surface area contributed by atoms with Crippen molar-refractivity contribution in [2.45, 2.75) is 44.9 Å². The number of carboxylic acids is 1. The van der Waals surface area contributed by atoms with E-state index < -0.39 is 5.97 Å². The minimum absolute atomic E-state index is 0.0430. The predicted octanol–water partition coefficient (Wildman–Crippen LogP) is 7.26. The number of para-hydroxylation sites is 1. The van der Waals surface area contributed by atoms with E-state index in [1.165, 1.54) is 38.2 Å². The van der Waals surface area contributed by atoms with Gasteiger partial charge in [-0.3, -0.25) is 4.79 Å². The van der Waals surface area contributed by atoms with E-state index in [2.05, 4.69) is 16.4 Å². The molecule has 2 N–H and O–H groups in total. The molecule has 0 radical (unpaired) electrons. The van der Waals surface area contributed by atoms with Crippen molar-refractivity contribution in [3.8, 4) is 17.4 Å². The molecule has 0 atom stereocenters. The molecule has 1 heterocycles. The van der Waals surface area contributed by atoms with Crippen molar-refractivity contribution in [3.63, 3.8) is 0 Å². The molecule has 4 aromatic rings. The summed E-state index contributed by atoms with van der Waals surface area (Å²) in [5, 5.41) is 14.1. The molecule has 5 rings (SSSR count). The van der Waals surface area contributed by atoms with Crippen LogP contribution in [-0.4, -0.2) is 28.6 Å². The van der Waals surface area contributed by atoms with Crippen molar-refractivity contribution in [1.82, 2.24) is 4.98 Å². The Bertz CT molecular complexity index is 1440. The Balaban J connectivity index is 1.13. The van der Waals surface area contributed by atoms with Gasteiger partial charge in [0.1, 0.15) is 11.5 Å². The highest BCUT2D eigenvalue weighted by Crippen LogP contribution is 2.30. The second kappa shape index (κ2) is 12.4. The van der Waals surface area contributed by atoms with Gasteiger partial charge in [-0.25, -0.2) is 9.78 Å². The van der Waals surface area contributed by atoms with Crippen LogP contribution >= 0.6 is 0 Å². The predicted molar refractivity (Wildman–Crippen MR) is 151 cm³/mol. The first kappa shape index (κ1) is 26.2. The number of aromatic nitrogens is 1. The number of carbonyl (C=O) groups is 2. The number of fused-ring (bicyclic) bond motifs is 1. The van der Waals surface area contributed by atoms with E-state index in [4.69, 9.17) is 9.47 Å². The second-order valence-electron chi connectivity index (χ2n) is 9.99. The zero-order valence-electron chi connectivity index (χ0n) is 21.8. The maximum atomic E-state index is 12.4. The normalized spacial score (nSPS) is 13.3. The van der Waals surface area contributed by atoms with E-state index in [0.717, 1.165) is 35.5 Å². The van der Waals surface area contributed by atoms with Crippen molar-refractivity contribution >= 4 is 28.3 Å². The van der Waals surface area contributed by atoms with Gasteiger partial charge >= 0.3 is 5.97 Å². The van der Waals surface area contributed by atoms with Crippen LogP contribution in [-0.2, 0) is 11.2 Å². The molecule has 0 unspecified atom stereocenters. The fourth-order valence-electron chi connectivity index (χ4n) is 5.07. The Hall–Kier alpha value is -4.39. The summed E-state index contributed by atoms with van der Waals surface area (Å²) < 4.78 is 11.9. The number of amides is 1. The Kier molecular flexibility index (Phi) is 8.36. The number of carboxylic acid groups (broad SMARTS) is 1. The molecule has 39 heavy (non-hydrogen) atoms. The van der Waals surface area contributed by atoms with Crippen molar-refractivity contribution < 1.29 is 24.2 Å². The Morgan fingerprint density at radius 2 is 1.67 bits per heavy atom. The minimum Gasteiger partial charge on any atom is -0.494 e. The van der Waals surface area contributed by atoms with Crippen LogP contribution in [0.1, 0.15) is 54.4 Å². The number of nitrogens with one attached hydrogen (secondary N) is 1. The lowest BCUT2D eigenvalue weighted by atomic mass is 10.0. The van der Waals surface area contributed by atoms with Crippen LogP contribution in [0.5, 0.6) is 17.4 Å². The van der Waals surface area contributed by atoms with E-state index in [0.29, 0.717) is 17.2 Å². The Labute approximate surface area is 227 Å². The van der Waals surface area contributed by atoms with Gasteiger partial charge in [-0.2, -0.15) is 0 Å². The smallest absolute Gasteiger partial charge is 0.337 e. The molecule has 0 saturated heterocycles. The van der Waals surface area contributed by atoms with Crippen molar-refractivity contribution in [3.05, 3.63) is 90.1 Å². The van der Waals surface area contributed by atoms with E-state index in [1.54, 1.807) is 36.5 Å². The molecule has 1 saturated carbocycles. The molecular formula is C32H32N2O5. The van der Waals surface area contributed by atoms with Gasteiger partial charge in [-0.15, -0.1) is 0 Å². The molecule has 1 amide bonds. The maximum Gasteiger partial charge on any atom is 0.337 e. The molecular weight excluding hydrogens is 492 g/mol. The summed E-state index contributed by atoms with van der Waals surface area (Å²) in [6, 6.07) is 21.7. The van der Waals surface area contributed by atoms with Crippen molar-refractivity contribution in [2.24, 2.45) is 5.92 Å². The van der Waals surface area contributed by atoms with Crippen molar-refractivity contribution in [1.29, 1.82) is 0 Å². The largest absolute Gasteiger partial charge is 0.494 e. The highest BCUT2D eigenvalue weighted by Gasteiger charge is 2.14. The zero-order chi connectivity index (χ0) is 27.0. The van der Waals surface area contributed by atoms with Gasteiger partial charge in [-0.1, -0.05) is 56.0 Å². The van der Waals surface area contributed by atoms with Crippen LogP contribution in [0.2, 0.25) is 0 Å². The lowest BCUT2D eigenvalue weighted by molar-refractivity contribution is -0.115. The van der Waals surface area contributed by atoms with E-state index in [-0.39, 0.29) is 23.6 Å². The first-order valence-electron chi connectivity index (χ1n) is 13.4. The zero-order valence-corrected chi connectivity index (χ0v) is 21.8. The quantitative estimate of drug-likeness (QED) is 0.201. The average Bonchev–Trinajstić information content (AvgIpc) is 3.46. The second-order valence-corrected chi connectivity index (χ2v) is 9.99. The van der Waals surface area contributed by atoms with E-state index in [9.17, 15) is 14.7 Å². The molecule has 1 aliphatic carbocycles. The van der Waals surface area contributed by atoms with Crippen LogP contribution in [0.25, 0.3) is 10.8 Å². The number of ether oxygens (including phenoxy) is 2. The topological polar surface area (TPSA) is 97.8 Å². The number of hydrogen-bond acceptors (Lipinski definition) is 5. The molecule has 0 bridgehead atoms. The summed E-state index contributed by atoms with van der Waals surface area (Å²) in [5.41, 5.74) is 0.987. The van der Waals surface area contributed by atoms with Crippen LogP contribution in [0.3, 0.4) is 0 Å². The summed E-state index contributed by atoms with van der Waals surface area (Å²) in [6.07, 6.45) is 9.52. The van der Waals surface area contributed by atoms with Gasteiger partial charge in [0.15, 0.2) is 0 Å². The highest BCUT2D eigenvalue weighted by atomic mass is 16.5. The van der Waals surface area contributed by atoms with Gasteiger partial charge < -0.3 is 19.9 Å². The number of aromatic carboxylic acids is 1. The number of rotatable bonds is 11. The summed E-state index contributed by atoms with van der Waals surface area (Å²) in [5.74, 6) is 1.43. The SMILES string of the molecule is O=C(Cc1ccc(Oc2ccc3cc(OCCCC4CCCC4)ccc3c2)nc1)Nc1ccccc1C(=O)O. The molecule has 0 aliphatic heterocycles.